The third-order valence-electron chi connectivity index (χ3n) is 0.885. The van der Waals surface area contributed by atoms with Gasteiger partial charge in [-0.2, -0.15) is 0 Å². The third-order valence-corrected chi connectivity index (χ3v) is 1.52. The Morgan fingerprint density at radius 1 is 1.50 bits per heavy atom. The van der Waals surface area contributed by atoms with Crippen LogP contribution in [-0.2, 0) is 0 Å². The molecular weight excluding hydrogens is 152 g/mol. The average molecular weight is 153 g/mol. The van der Waals surface area contributed by atoms with Gasteiger partial charge in [-0.25, -0.2) is 5.10 Å². The van der Waals surface area contributed by atoms with Crippen LogP contribution in [0.3, 0.4) is 0 Å². The minimum Gasteiger partial charge on any atom is -0.238 e. The zero-order chi connectivity index (χ0) is 6.81. The van der Waals surface area contributed by atoms with Crippen LogP contribution in [0, 0.1) is 6.20 Å². The lowest BCUT2D eigenvalue weighted by molar-refractivity contribution is 0.881. The van der Waals surface area contributed by atoms with Crippen molar-refractivity contribution in [3.05, 3.63) is 6.20 Å². The highest BCUT2D eigenvalue weighted by Gasteiger charge is 2.03. The van der Waals surface area contributed by atoms with Crippen molar-refractivity contribution in [3.63, 3.8) is 0 Å². The van der Waals surface area contributed by atoms with Crippen LogP contribution in [0.25, 0.3) is 10.7 Å². The van der Waals surface area contributed by atoms with Crippen LogP contribution in [0.2, 0.25) is 0 Å². The highest BCUT2D eigenvalue weighted by Crippen LogP contribution is 2.13. The van der Waals surface area contributed by atoms with Gasteiger partial charge in [0.05, 0.1) is 0 Å². The first kappa shape index (κ1) is 5.42. The molecule has 0 aliphatic carbocycles. The Labute approximate surface area is 59.5 Å². The summed E-state index contributed by atoms with van der Waals surface area (Å²) in [5, 5.41) is 16.5. The minimum absolute atomic E-state index is 0.551. The molecule has 2 aromatic rings. The molecule has 2 heterocycles. The van der Waals surface area contributed by atoms with Crippen LogP contribution in [0.4, 0.5) is 0 Å². The first-order valence-electron chi connectivity index (χ1n) is 2.41. The van der Waals surface area contributed by atoms with Gasteiger partial charge in [-0.05, 0) is 22.0 Å². The highest BCUT2D eigenvalue weighted by molar-refractivity contribution is 7.09. The topological polar surface area (TPSA) is 80.2 Å². The summed E-state index contributed by atoms with van der Waals surface area (Å²) in [5.41, 5.74) is 0. The number of nitrogens with one attached hydrogen (secondary N) is 1. The second kappa shape index (κ2) is 2.10. The molecule has 1 radical (unpaired) electrons. The van der Waals surface area contributed by atoms with Crippen LogP contribution in [0.1, 0.15) is 0 Å². The molecule has 0 aliphatic rings. The van der Waals surface area contributed by atoms with Crippen molar-refractivity contribution in [2.75, 3.05) is 0 Å². The average Bonchev–Trinajstić information content (AvgIpc) is 2.59. The first-order chi connectivity index (χ1) is 4.97. The van der Waals surface area contributed by atoms with Gasteiger partial charge in [-0.3, -0.25) is 0 Å². The number of hydrogen-bond donors (Lipinski definition) is 1. The van der Waals surface area contributed by atoms with Crippen LogP contribution in [0.5, 0.6) is 0 Å². The summed E-state index contributed by atoms with van der Waals surface area (Å²) in [6.07, 6.45) is 2.62. The summed E-state index contributed by atoms with van der Waals surface area (Å²) in [6.45, 7) is 0. The molecule has 0 atom stereocenters. The van der Waals surface area contributed by atoms with Crippen molar-refractivity contribution in [1.29, 1.82) is 0 Å². The van der Waals surface area contributed by atoms with Gasteiger partial charge in [0.1, 0.15) is 11.1 Å². The smallest absolute Gasteiger partial charge is 0.193 e. The molecule has 0 spiro atoms. The van der Waals surface area contributed by atoms with Crippen molar-refractivity contribution >= 4 is 11.5 Å². The minimum atomic E-state index is 0.551. The van der Waals surface area contributed by atoms with E-state index in [0.29, 0.717) is 10.7 Å². The Bertz CT molecular complexity index is 252. The van der Waals surface area contributed by atoms with E-state index in [0.717, 1.165) is 0 Å². The molecule has 2 aromatic heterocycles. The van der Waals surface area contributed by atoms with E-state index in [1.165, 1.54) is 11.5 Å². The number of hydrogen-bond acceptors (Lipinski definition) is 6. The van der Waals surface area contributed by atoms with Crippen molar-refractivity contribution in [3.8, 4) is 10.7 Å². The van der Waals surface area contributed by atoms with Gasteiger partial charge < -0.3 is 0 Å². The molecule has 0 saturated heterocycles. The fourth-order valence-corrected chi connectivity index (χ4v) is 0.917. The lowest BCUT2D eigenvalue weighted by atomic mass is 10.5. The monoisotopic (exact) mass is 153 g/mol. The Balaban J connectivity index is 2.48. The van der Waals surface area contributed by atoms with Gasteiger partial charge >= 0.3 is 0 Å². The van der Waals surface area contributed by atoms with E-state index in [9.17, 15) is 0 Å². The fraction of sp³-hybridized carbons (Fsp3) is 0. The number of nitrogens with zero attached hydrogens (tertiary/aromatic N) is 5. The molecule has 0 saturated carbocycles. The first-order valence-corrected chi connectivity index (χ1v) is 3.18. The van der Waals surface area contributed by atoms with Gasteiger partial charge in [-0.15, -0.1) is 10.2 Å². The largest absolute Gasteiger partial charge is 0.238 e. The third kappa shape index (κ3) is 0.760. The molecule has 6 nitrogen and oxygen atoms in total. The molecular formula is C3HN6S. The van der Waals surface area contributed by atoms with E-state index in [1.807, 2.05) is 0 Å². The molecule has 0 unspecified atom stereocenters. The number of aromatic amines is 1. The molecule has 0 amide bonds. The number of aromatic nitrogens is 6. The molecule has 2 rings (SSSR count). The summed E-state index contributed by atoms with van der Waals surface area (Å²) < 4.78 is 3.60. The van der Waals surface area contributed by atoms with Gasteiger partial charge in [0.2, 0.25) is 0 Å². The van der Waals surface area contributed by atoms with Gasteiger partial charge in [0.15, 0.2) is 5.82 Å². The number of tetrazole rings is 1. The van der Waals surface area contributed by atoms with Crippen LogP contribution in [-0.4, -0.2) is 30.2 Å². The van der Waals surface area contributed by atoms with E-state index in [1.54, 1.807) is 0 Å². The Morgan fingerprint density at radius 2 is 2.50 bits per heavy atom. The quantitative estimate of drug-likeness (QED) is 0.598. The van der Waals surface area contributed by atoms with E-state index in [-0.39, 0.29) is 0 Å². The Morgan fingerprint density at radius 3 is 3.10 bits per heavy atom. The maximum atomic E-state index is 3.64. The molecule has 49 valence electrons. The summed E-state index contributed by atoms with van der Waals surface area (Å²) in [6, 6.07) is 0. The number of H-pyrrole nitrogens is 1. The predicted molar refractivity (Wildman–Crippen MR) is 31.9 cm³/mol. The second-order valence-corrected chi connectivity index (χ2v) is 2.22. The summed E-state index contributed by atoms with van der Waals surface area (Å²) in [4.78, 5) is 0.713. The Kier molecular flexibility index (Phi) is 1.14. The van der Waals surface area contributed by atoms with Crippen molar-refractivity contribution in [1.82, 2.24) is 30.2 Å². The molecule has 0 aromatic carbocycles. The van der Waals surface area contributed by atoms with Crippen molar-refractivity contribution in [2.24, 2.45) is 0 Å². The zero-order valence-electron chi connectivity index (χ0n) is 4.64. The summed E-state index contributed by atoms with van der Waals surface area (Å²) in [7, 11) is 0. The van der Waals surface area contributed by atoms with Gasteiger partial charge in [0, 0.05) is 0 Å². The maximum Gasteiger partial charge on any atom is 0.193 e. The van der Waals surface area contributed by atoms with Crippen LogP contribution >= 0.6 is 11.5 Å². The summed E-state index contributed by atoms with van der Waals surface area (Å²) in [5.74, 6) is 0.551. The standard InChI is InChI=1S/C3HN6S/c1-2(10-9-4-1)3-5-7-8-6-3/h(H,5,6,7,8). The molecule has 10 heavy (non-hydrogen) atoms. The highest BCUT2D eigenvalue weighted by atomic mass is 32.1. The second-order valence-electron chi connectivity index (χ2n) is 1.46. The van der Waals surface area contributed by atoms with Crippen LogP contribution < -0.4 is 0 Å². The van der Waals surface area contributed by atoms with E-state index >= 15 is 0 Å². The lowest BCUT2D eigenvalue weighted by Gasteiger charge is -1.77. The van der Waals surface area contributed by atoms with Crippen molar-refractivity contribution < 1.29 is 0 Å². The predicted octanol–water partition coefficient (Wildman–Crippen LogP) is -0.482. The Hall–Kier alpha value is -1.37. The van der Waals surface area contributed by atoms with Gasteiger partial charge in [-0.1, -0.05) is 4.49 Å². The molecule has 0 fully saturated rings. The SMILES string of the molecule is [c]1nnsc1-c1nnn[nH]1. The number of rotatable bonds is 1. The summed E-state index contributed by atoms with van der Waals surface area (Å²) >= 11 is 1.19. The van der Waals surface area contributed by atoms with E-state index < -0.39 is 0 Å². The van der Waals surface area contributed by atoms with E-state index in [2.05, 4.69) is 36.4 Å². The fourth-order valence-electron chi connectivity index (χ4n) is 0.499. The zero-order valence-corrected chi connectivity index (χ0v) is 5.46. The molecule has 0 aliphatic heterocycles. The normalized spacial score (nSPS) is 10.0. The molecule has 0 bridgehead atoms. The van der Waals surface area contributed by atoms with Crippen LogP contribution in [0.15, 0.2) is 0 Å². The van der Waals surface area contributed by atoms with Gasteiger partial charge in [0.25, 0.3) is 0 Å². The van der Waals surface area contributed by atoms with Crippen molar-refractivity contribution in [2.45, 2.75) is 0 Å². The maximum absolute atomic E-state index is 3.64. The molecule has 1 N–H and O–H groups in total. The molecule has 7 heteroatoms. The van der Waals surface area contributed by atoms with E-state index in [4.69, 9.17) is 0 Å². The lowest BCUT2D eigenvalue weighted by Crippen LogP contribution is -1.74.